The molecule has 98 valence electrons. The number of thiol groups is 1. The number of halogens is 1. The van der Waals surface area contributed by atoms with Crippen molar-refractivity contribution in [3.05, 3.63) is 28.2 Å². The van der Waals surface area contributed by atoms with Crippen molar-refractivity contribution in [3.8, 4) is 0 Å². The summed E-state index contributed by atoms with van der Waals surface area (Å²) >= 11 is 7.60. The monoisotopic (exact) mass is 329 g/mol. The molecule has 0 radical (unpaired) electrons. The number of ether oxygens (including phenoxy) is 1. The van der Waals surface area contributed by atoms with E-state index in [0.29, 0.717) is 5.56 Å². The Morgan fingerprint density at radius 3 is 2.78 bits per heavy atom. The molecule has 0 aliphatic carbocycles. The zero-order chi connectivity index (χ0) is 13.1. The van der Waals surface area contributed by atoms with E-state index < -0.39 is 0 Å². The average Bonchev–Trinajstić information content (AvgIpc) is 2.35. The molecule has 0 amide bonds. The topological polar surface area (TPSA) is 29.5 Å². The van der Waals surface area contributed by atoms with Crippen LogP contribution in [-0.4, -0.2) is 37.1 Å². The molecule has 0 N–H and O–H groups in total. The van der Waals surface area contributed by atoms with Gasteiger partial charge in [0.05, 0.1) is 5.56 Å². The minimum absolute atomic E-state index is 0.0316. The molecule has 0 bridgehead atoms. The fourth-order valence-electron chi connectivity index (χ4n) is 1.99. The number of benzene rings is 1. The van der Waals surface area contributed by atoms with E-state index in [-0.39, 0.29) is 12.1 Å². The van der Waals surface area contributed by atoms with Gasteiger partial charge in [-0.25, -0.2) is 4.79 Å². The Morgan fingerprint density at radius 1 is 1.44 bits per heavy atom. The molecule has 1 aromatic carbocycles. The number of hydrogen-bond acceptors (Lipinski definition) is 4. The van der Waals surface area contributed by atoms with Gasteiger partial charge in [-0.2, -0.15) is 0 Å². The first-order valence-corrected chi connectivity index (χ1v) is 7.18. The Bertz CT molecular complexity index is 445. The van der Waals surface area contributed by atoms with Gasteiger partial charge in [-0.1, -0.05) is 0 Å². The van der Waals surface area contributed by atoms with Crippen LogP contribution in [0.3, 0.4) is 0 Å². The van der Waals surface area contributed by atoms with E-state index in [1.54, 1.807) is 6.07 Å². The first kappa shape index (κ1) is 13.9. The molecule has 0 saturated carbocycles. The molecule has 1 aromatic rings. The number of carbonyl (C=O) groups excluding carboxylic acids is 1. The van der Waals surface area contributed by atoms with Gasteiger partial charge in [0.1, 0.15) is 6.10 Å². The molecule has 0 spiro atoms. The van der Waals surface area contributed by atoms with Crippen LogP contribution in [0.25, 0.3) is 0 Å². The molecule has 2 rings (SSSR count). The number of carbonyl (C=O) groups is 1. The van der Waals surface area contributed by atoms with E-state index in [1.165, 1.54) is 0 Å². The highest BCUT2D eigenvalue weighted by molar-refractivity contribution is 9.10. The predicted octanol–water partition coefficient (Wildman–Crippen LogP) is 2.99. The van der Waals surface area contributed by atoms with Crippen LogP contribution in [0.15, 0.2) is 27.6 Å². The maximum absolute atomic E-state index is 12.1. The third-order valence-corrected chi connectivity index (χ3v) is 4.08. The molecule has 1 aliphatic heterocycles. The van der Waals surface area contributed by atoms with E-state index in [0.717, 1.165) is 35.3 Å². The van der Waals surface area contributed by atoms with E-state index in [1.807, 2.05) is 12.1 Å². The van der Waals surface area contributed by atoms with Gasteiger partial charge >= 0.3 is 5.97 Å². The highest BCUT2D eigenvalue weighted by Crippen LogP contribution is 2.23. The summed E-state index contributed by atoms with van der Waals surface area (Å²) in [6.45, 7) is 1.96. The largest absolute Gasteiger partial charge is 0.459 e. The summed E-state index contributed by atoms with van der Waals surface area (Å²) in [4.78, 5) is 15.1. The number of likely N-dealkylation sites (tertiary alicyclic amines) is 1. The molecule has 5 heteroatoms. The van der Waals surface area contributed by atoms with Gasteiger partial charge in [0.15, 0.2) is 0 Å². The smallest absolute Gasteiger partial charge is 0.339 e. The molecule has 18 heavy (non-hydrogen) atoms. The van der Waals surface area contributed by atoms with E-state index in [2.05, 4.69) is 40.5 Å². The van der Waals surface area contributed by atoms with Crippen LogP contribution in [0.5, 0.6) is 0 Å². The number of rotatable bonds is 2. The molecular weight excluding hydrogens is 314 g/mol. The van der Waals surface area contributed by atoms with Crippen molar-refractivity contribution in [3.63, 3.8) is 0 Å². The van der Waals surface area contributed by atoms with Gasteiger partial charge in [-0.15, -0.1) is 12.6 Å². The molecule has 1 heterocycles. The summed E-state index contributed by atoms with van der Waals surface area (Å²) in [5, 5.41) is 0. The lowest BCUT2D eigenvalue weighted by Gasteiger charge is -2.28. The van der Waals surface area contributed by atoms with Crippen molar-refractivity contribution in [1.82, 2.24) is 4.90 Å². The normalized spacial score (nSPS) is 17.7. The lowest BCUT2D eigenvalue weighted by atomic mass is 10.1. The fourth-order valence-corrected chi connectivity index (χ4v) is 2.60. The average molecular weight is 330 g/mol. The second-order valence-electron chi connectivity index (χ2n) is 4.57. The molecule has 0 unspecified atom stereocenters. The lowest BCUT2D eigenvalue weighted by Crippen LogP contribution is -2.35. The Hall–Kier alpha value is -0.520. The van der Waals surface area contributed by atoms with E-state index >= 15 is 0 Å². The van der Waals surface area contributed by atoms with Gasteiger partial charge in [-0.3, -0.25) is 0 Å². The van der Waals surface area contributed by atoms with Crippen LogP contribution >= 0.6 is 28.6 Å². The fraction of sp³-hybridized carbons (Fsp3) is 0.462. The third kappa shape index (κ3) is 3.49. The number of piperidine rings is 1. The summed E-state index contributed by atoms with van der Waals surface area (Å²) in [6, 6.07) is 5.37. The quantitative estimate of drug-likeness (QED) is 0.668. The minimum Gasteiger partial charge on any atom is -0.459 e. The highest BCUT2D eigenvalue weighted by Gasteiger charge is 2.22. The Kier molecular flexibility index (Phi) is 4.70. The molecule has 1 fully saturated rings. The van der Waals surface area contributed by atoms with E-state index in [4.69, 9.17) is 4.74 Å². The summed E-state index contributed by atoms with van der Waals surface area (Å²) in [6.07, 6.45) is 1.84. The summed E-state index contributed by atoms with van der Waals surface area (Å²) in [7, 11) is 2.08. The van der Waals surface area contributed by atoms with Gasteiger partial charge in [0, 0.05) is 22.5 Å². The minimum atomic E-state index is -0.271. The maximum Gasteiger partial charge on any atom is 0.339 e. The van der Waals surface area contributed by atoms with Crippen LogP contribution in [0.2, 0.25) is 0 Å². The zero-order valence-electron chi connectivity index (χ0n) is 10.2. The first-order chi connectivity index (χ1) is 8.56. The third-order valence-electron chi connectivity index (χ3n) is 3.11. The van der Waals surface area contributed by atoms with Crippen molar-refractivity contribution >= 4 is 34.5 Å². The van der Waals surface area contributed by atoms with Crippen LogP contribution in [0.4, 0.5) is 0 Å². The highest BCUT2D eigenvalue weighted by atomic mass is 79.9. The van der Waals surface area contributed by atoms with Crippen LogP contribution in [0, 0.1) is 0 Å². The summed E-state index contributed by atoms with van der Waals surface area (Å²) < 4.78 is 6.28. The van der Waals surface area contributed by atoms with Crippen LogP contribution in [-0.2, 0) is 4.74 Å². The van der Waals surface area contributed by atoms with Crippen molar-refractivity contribution in [2.45, 2.75) is 23.8 Å². The summed E-state index contributed by atoms with van der Waals surface area (Å²) in [5.74, 6) is -0.271. The van der Waals surface area contributed by atoms with Gasteiger partial charge < -0.3 is 9.64 Å². The Balaban J connectivity index is 2.01. The summed E-state index contributed by atoms with van der Waals surface area (Å²) in [5.41, 5.74) is 0.543. The van der Waals surface area contributed by atoms with Gasteiger partial charge in [0.2, 0.25) is 0 Å². The first-order valence-electron chi connectivity index (χ1n) is 5.94. The molecule has 1 saturated heterocycles. The number of esters is 1. The second-order valence-corrected chi connectivity index (χ2v) is 5.94. The predicted molar refractivity (Wildman–Crippen MR) is 77.3 cm³/mol. The molecule has 3 nitrogen and oxygen atoms in total. The van der Waals surface area contributed by atoms with Crippen LogP contribution in [0.1, 0.15) is 23.2 Å². The van der Waals surface area contributed by atoms with Crippen molar-refractivity contribution in [1.29, 1.82) is 0 Å². The Morgan fingerprint density at radius 2 is 2.11 bits per heavy atom. The van der Waals surface area contributed by atoms with Crippen LogP contribution < -0.4 is 0 Å². The standard InChI is InChI=1S/C13H16BrNO2S/c1-15-6-4-9(5-7-15)17-13(16)11-8-10(18)2-3-12(11)14/h2-3,8-9,18H,4-7H2,1H3. The molecule has 1 aliphatic rings. The molecular formula is C13H16BrNO2S. The van der Waals surface area contributed by atoms with Gasteiger partial charge in [-0.05, 0) is 54.0 Å². The molecule has 0 atom stereocenters. The Labute approximate surface area is 121 Å². The van der Waals surface area contributed by atoms with Crippen molar-refractivity contribution in [2.24, 2.45) is 0 Å². The SMILES string of the molecule is CN1CCC(OC(=O)c2cc(S)ccc2Br)CC1. The zero-order valence-corrected chi connectivity index (χ0v) is 12.7. The maximum atomic E-state index is 12.1. The second kappa shape index (κ2) is 6.08. The van der Waals surface area contributed by atoms with Crippen molar-refractivity contribution < 1.29 is 9.53 Å². The number of hydrogen-bond donors (Lipinski definition) is 1. The van der Waals surface area contributed by atoms with E-state index in [9.17, 15) is 4.79 Å². The number of nitrogens with zero attached hydrogens (tertiary/aromatic N) is 1. The van der Waals surface area contributed by atoms with Gasteiger partial charge in [0.25, 0.3) is 0 Å². The van der Waals surface area contributed by atoms with Crippen molar-refractivity contribution in [2.75, 3.05) is 20.1 Å². The lowest BCUT2D eigenvalue weighted by molar-refractivity contribution is 0.0138. The molecule has 0 aromatic heterocycles.